The molecule has 64 valence electrons. The van der Waals surface area contributed by atoms with Gasteiger partial charge in [-0.15, -0.1) is 0 Å². The van der Waals surface area contributed by atoms with Crippen LogP contribution in [0.4, 0.5) is 0 Å². The third-order valence-corrected chi connectivity index (χ3v) is 1.07. The number of carbonyl (C=O) groups excluding carboxylic acids is 1. The van der Waals surface area contributed by atoms with Crippen molar-refractivity contribution in [1.29, 1.82) is 0 Å². The molecular weight excluding hydrogens is 144 g/mol. The molecule has 0 radical (unpaired) electrons. The summed E-state index contributed by atoms with van der Waals surface area (Å²) in [5.74, 6) is -0.311. The molecule has 1 atom stereocenters. The summed E-state index contributed by atoms with van der Waals surface area (Å²) >= 11 is 0. The molecule has 11 heavy (non-hydrogen) atoms. The van der Waals surface area contributed by atoms with E-state index in [0.29, 0.717) is 13.2 Å². The molecule has 0 aliphatic heterocycles. The lowest BCUT2D eigenvalue weighted by molar-refractivity contribution is -0.146. The van der Waals surface area contributed by atoms with Crippen molar-refractivity contribution in [3.8, 4) is 0 Å². The zero-order valence-electron chi connectivity index (χ0n) is 7.00. The predicted molar refractivity (Wildman–Crippen MR) is 42.2 cm³/mol. The maximum absolute atomic E-state index is 10.5. The summed E-state index contributed by atoms with van der Waals surface area (Å²) in [4.78, 5) is 10.5. The molecule has 0 aromatic carbocycles. The van der Waals surface area contributed by atoms with Gasteiger partial charge in [-0.1, -0.05) is 6.58 Å². The van der Waals surface area contributed by atoms with Crippen molar-refractivity contribution >= 4 is 5.97 Å². The molecule has 0 fully saturated rings. The lowest BCUT2D eigenvalue weighted by Crippen LogP contribution is -2.19. The topological polar surface area (TPSA) is 35.5 Å². The van der Waals surface area contributed by atoms with Crippen molar-refractivity contribution in [3.05, 3.63) is 12.7 Å². The van der Waals surface area contributed by atoms with Crippen molar-refractivity contribution in [3.63, 3.8) is 0 Å². The largest absolute Gasteiger partial charge is 0.456 e. The Balaban J connectivity index is 3.57. The average Bonchev–Trinajstić information content (AvgIpc) is 1.97. The summed E-state index contributed by atoms with van der Waals surface area (Å²) in [5.41, 5.74) is 0. The van der Waals surface area contributed by atoms with E-state index in [2.05, 4.69) is 6.58 Å². The van der Waals surface area contributed by atoms with Crippen LogP contribution in [0, 0.1) is 0 Å². The Labute approximate surface area is 67.0 Å². The van der Waals surface area contributed by atoms with Crippen molar-refractivity contribution in [2.45, 2.75) is 20.0 Å². The van der Waals surface area contributed by atoms with Crippen LogP contribution in [0.25, 0.3) is 0 Å². The molecule has 0 aliphatic rings. The minimum Gasteiger partial charge on any atom is -0.456 e. The molecule has 0 spiro atoms. The lowest BCUT2D eigenvalue weighted by Gasteiger charge is -2.11. The van der Waals surface area contributed by atoms with Crippen LogP contribution in [0.2, 0.25) is 0 Å². The van der Waals surface area contributed by atoms with Crippen LogP contribution in [0.5, 0.6) is 0 Å². The second-order valence-corrected chi connectivity index (χ2v) is 2.04. The van der Waals surface area contributed by atoms with E-state index < -0.39 is 0 Å². The van der Waals surface area contributed by atoms with Gasteiger partial charge in [0.05, 0.1) is 6.61 Å². The smallest absolute Gasteiger partial charge is 0.303 e. The number of carbonyl (C=O) groups is 1. The van der Waals surface area contributed by atoms with E-state index in [9.17, 15) is 4.79 Å². The van der Waals surface area contributed by atoms with Crippen molar-refractivity contribution in [2.24, 2.45) is 0 Å². The summed E-state index contributed by atoms with van der Waals surface area (Å²) in [7, 11) is 0. The molecule has 0 aromatic heterocycles. The fraction of sp³-hybridized carbons (Fsp3) is 0.625. The quantitative estimate of drug-likeness (QED) is 0.444. The highest BCUT2D eigenvalue weighted by molar-refractivity contribution is 5.66. The van der Waals surface area contributed by atoms with Crippen LogP contribution in [0.1, 0.15) is 13.8 Å². The Morgan fingerprint density at radius 3 is 2.73 bits per heavy atom. The zero-order valence-corrected chi connectivity index (χ0v) is 7.00. The number of esters is 1. The van der Waals surface area contributed by atoms with Gasteiger partial charge in [-0.3, -0.25) is 4.79 Å². The molecule has 3 nitrogen and oxygen atoms in total. The van der Waals surface area contributed by atoms with E-state index in [1.807, 2.05) is 6.92 Å². The van der Waals surface area contributed by atoms with Crippen LogP contribution in [-0.4, -0.2) is 25.3 Å². The van der Waals surface area contributed by atoms with E-state index in [4.69, 9.17) is 9.47 Å². The highest BCUT2D eigenvalue weighted by atomic mass is 16.6. The molecule has 0 rings (SSSR count). The fourth-order valence-corrected chi connectivity index (χ4v) is 0.597. The maximum atomic E-state index is 10.5. The molecule has 0 saturated heterocycles. The summed E-state index contributed by atoms with van der Waals surface area (Å²) in [5, 5.41) is 0. The van der Waals surface area contributed by atoms with Gasteiger partial charge in [0.2, 0.25) is 0 Å². The van der Waals surface area contributed by atoms with E-state index in [0.717, 1.165) is 0 Å². The van der Waals surface area contributed by atoms with Gasteiger partial charge in [0.1, 0.15) is 6.10 Å². The van der Waals surface area contributed by atoms with Crippen LogP contribution < -0.4 is 0 Å². The van der Waals surface area contributed by atoms with Gasteiger partial charge in [0, 0.05) is 13.5 Å². The Morgan fingerprint density at radius 1 is 1.73 bits per heavy atom. The third-order valence-electron chi connectivity index (χ3n) is 1.07. The first-order valence-electron chi connectivity index (χ1n) is 3.58. The zero-order chi connectivity index (χ0) is 8.69. The van der Waals surface area contributed by atoms with Gasteiger partial charge in [-0.2, -0.15) is 0 Å². The normalized spacial score (nSPS) is 12.2. The number of ether oxygens (including phenoxy) is 2. The van der Waals surface area contributed by atoms with Gasteiger partial charge in [0.15, 0.2) is 0 Å². The number of hydrogen-bond donors (Lipinski definition) is 0. The minimum absolute atomic E-state index is 0.311. The Morgan fingerprint density at radius 2 is 2.36 bits per heavy atom. The highest BCUT2D eigenvalue weighted by Crippen LogP contribution is 1.94. The monoisotopic (exact) mass is 158 g/mol. The molecule has 1 unspecified atom stereocenters. The van der Waals surface area contributed by atoms with Crippen molar-refractivity contribution in [1.82, 2.24) is 0 Å². The van der Waals surface area contributed by atoms with Crippen molar-refractivity contribution < 1.29 is 14.3 Å². The Hall–Kier alpha value is -0.830. The van der Waals surface area contributed by atoms with Crippen LogP contribution >= 0.6 is 0 Å². The molecule has 0 N–H and O–H groups in total. The third kappa shape index (κ3) is 5.61. The summed E-state index contributed by atoms with van der Waals surface area (Å²) in [6, 6.07) is 0. The fourth-order valence-electron chi connectivity index (χ4n) is 0.597. The van der Waals surface area contributed by atoms with Crippen LogP contribution in [0.15, 0.2) is 12.7 Å². The number of hydrogen-bond acceptors (Lipinski definition) is 3. The van der Waals surface area contributed by atoms with Gasteiger partial charge >= 0.3 is 5.97 Å². The molecule has 0 heterocycles. The van der Waals surface area contributed by atoms with E-state index in [-0.39, 0.29) is 12.1 Å². The van der Waals surface area contributed by atoms with Gasteiger partial charge in [-0.25, -0.2) is 0 Å². The van der Waals surface area contributed by atoms with Crippen LogP contribution in [-0.2, 0) is 14.3 Å². The Kier molecular flexibility index (Phi) is 5.47. The Bertz CT molecular complexity index is 131. The molecule has 0 amide bonds. The molecule has 3 heteroatoms. The SMILES string of the molecule is C=CC(COCC)OC(C)=O. The van der Waals surface area contributed by atoms with Crippen molar-refractivity contribution in [2.75, 3.05) is 13.2 Å². The lowest BCUT2D eigenvalue weighted by atomic mass is 10.4. The molecule has 0 saturated carbocycles. The maximum Gasteiger partial charge on any atom is 0.303 e. The first-order chi connectivity index (χ1) is 5.20. The molecular formula is C8H14O3. The summed E-state index contributed by atoms with van der Waals surface area (Å²) in [6.07, 6.45) is 1.24. The summed E-state index contributed by atoms with van der Waals surface area (Å²) < 4.78 is 9.86. The van der Waals surface area contributed by atoms with E-state index in [1.165, 1.54) is 6.92 Å². The second kappa shape index (κ2) is 5.92. The van der Waals surface area contributed by atoms with Gasteiger partial charge in [-0.05, 0) is 13.0 Å². The minimum atomic E-state index is -0.313. The van der Waals surface area contributed by atoms with Gasteiger partial charge < -0.3 is 9.47 Å². The van der Waals surface area contributed by atoms with E-state index >= 15 is 0 Å². The average molecular weight is 158 g/mol. The second-order valence-electron chi connectivity index (χ2n) is 2.04. The van der Waals surface area contributed by atoms with Crippen LogP contribution in [0.3, 0.4) is 0 Å². The first-order valence-corrected chi connectivity index (χ1v) is 3.58. The summed E-state index contributed by atoms with van der Waals surface area (Å²) in [6.45, 7) is 7.76. The molecule has 0 aromatic rings. The van der Waals surface area contributed by atoms with E-state index in [1.54, 1.807) is 6.08 Å². The number of rotatable bonds is 5. The molecule has 0 aliphatic carbocycles. The molecule has 0 bridgehead atoms. The highest BCUT2D eigenvalue weighted by Gasteiger charge is 2.05. The first kappa shape index (κ1) is 10.2. The standard InChI is InChI=1S/C8H14O3/c1-4-8(6-10-5-2)11-7(3)9/h4,8H,1,5-6H2,2-3H3. The predicted octanol–water partition coefficient (Wildman–Crippen LogP) is 1.14. The van der Waals surface area contributed by atoms with Gasteiger partial charge in [0.25, 0.3) is 0 Å².